The number of nitrogens with one attached hydrogen (secondary N) is 1. The van der Waals surface area contributed by atoms with Gasteiger partial charge in [-0.2, -0.15) is 0 Å². The molecule has 1 aromatic rings. The van der Waals surface area contributed by atoms with Gasteiger partial charge < -0.3 is 9.80 Å². The largest absolute Gasteiger partial charge is 0.338 e. The highest BCUT2D eigenvalue weighted by molar-refractivity contribution is 5.94. The van der Waals surface area contributed by atoms with Crippen molar-refractivity contribution in [2.75, 3.05) is 32.7 Å². The molecule has 1 unspecified atom stereocenters. The van der Waals surface area contributed by atoms with Crippen molar-refractivity contribution in [1.82, 2.24) is 15.1 Å². The third-order valence-electron chi connectivity index (χ3n) is 4.61. The standard InChI is InChI=1S/C16H18F2N4O4/c17-16(18)9-13(19-10-16)15(24)21-7-5-20(6-8-21)14(23)11-1-3-12(4-2-11)22(25)26/h1-4,13,19H,5-10H2. The van der Waals surface area contributed by atoms with E-state index in [9.17, 15) is 28.5 Å². The van der Waals surface area contributed by atoms with Crippen LogP contribution in [0.5, 0.6) is 0 Å². The number of nitro groups is 1. The molecule has 2 amide bonds. The second-order valence-electron chi connectivity index (χ2n) is 6.42. The molecule has 26 heavy (non-hydrogen) atoms. The van der Waals surface area contributed by atoms with Gasteiger partial charge in [0.1, 0.15) is 0 Å². The Morgan fingerprint density at radius 3 is 2.19 bits per heavy atom. The maximum Gasteiger partial charge on any atom is 0.269 e. The maximum atomic E-state index is 13.2. The lowest BCUT2D eigenvalue weighted by atomic mass is 10.1. The summed E-state index contributed by atoms with van der Waals surface area (Å²) in [5, 5.41) is 13.2. The van der Waals surface area contributed by atoms with Gasteiger partial charge in [0.25, 0.3) is 17.5 Å². The number of nitrogens with zero attached hydrogens (tertiary/aromatic N) is 3. The van der Waals surface area contributed by atoms with E-state index in [-0.39, 0.29) is 43.7 Å². The van der Waals surface area contributed by atoms with E-state index in [2.05, 4.69) is 5.32 Å². The Labute approximate surface area is 147 Å². The number of carbonyl (C=O) groups is 2. The predicted molar refractivity (Wildman–Crippen MR) is 86.9 cm³/mol. The highest BCUT2D eigenvalue weighted by atomic mass is 19.3. The van der Waals surface area contributed by atoms with Gasteiger partial charge in [-0.3, -0.25) is 25.0 Å². The van der Waals surface area contributed by atoms with Crippen LogP contribution >= 0.6 is 0 Å². The van der Waals surface area contributed by atoms with Gasteiger partial charge in [0.2, 0.25) is 5.91 Å². The third kappa shape index (κ3) is 3.79. The van der Waals surface area contributed by atoms with Crippen LogP contribution in [0.15, 0.2) is 24.3 Å². The Morgan fingerprint density at radius 1 is 1.12 bits per heavy atom. The Balaban J connectivity index is 1.55. The number of amides is 2. The number of hydrogen-bond donors (Lipinski definition) is 1. The van der Waals surface area contributed by atoms with Crippen molar-refractivity contribution in [2.24, 2.45) is 0 Å². The molecule has 8 nitrogen and oxygen atoms in total. The maximum absolute atomic E-state index is 13.2. The predicted octanol–water partition coefficient (Wildman–Crippen LogP) is 0.876. The number of alkyl halides is 2. The van der Waals surface area contributed by atoms with Crippen LogP contribution in [-0.2, 0) is 4.79 Å². The molecule has 10 heteroatoms. The molecule has 2 heterocycles. The van der Waals surface area contributed by atoms with E-state index in [0.29, 0.717) is 5.56 Å². The molecular weight excluding hydrogens is 350 g/mol. The lowest BCUT2D eigenvalue weighted by Gasteiger charge is -2.36. The minimum absolute atomic E-state index is 0.0992. The molecule has 0 aromatic heterocycles. The van der Waals surface area contributed by atoms with E-state index in [0.717, 1.165) is 0 Å². The topological polar surface area (TPSA) is 95.8 Å². The summed E-state index contributed by atoms with van der Waals surface area (Å²) >= 11 is 0. The molecule has 2 saturated heterocycles. The quantitative estimate of drug-likeness (QED) is 0.631. The highest BCUT2D eigenvalue weighted by Gasteiger charge is 2.43. The average molecular weight is 368 g/mol. The molecule has 0 saturated carbocycles. The normalized spacial score (nSPS) is 22.3. The molecule has 2 aliphatic rings. The number of benzene rings is 1. The summed E-state index contributed by atoms with van der Waals surface area (Å²) in [6.07, 6.45) is -0.506. The number of nitro benzene ring substituents is 1. The van der Waals surface area contributed by atoms with Gasteiger partial charge in [-0.15, -0.1) is 0 Å². The highest BCUT2D eigenvalue weighted by Crippen LogP contribution is 2.26. The second kappa shape index (κ2) is 6.94. The second-order valence-corrected chi connectivity index (χ2v) is 6.42. The molecule has 0 radical (unpaired) electrons. The van der Waals surface area contributed by atoms with Gasteiger partial charge in [-0.1, -0.05) is 0 Å². The zero-order valence-corrected chi connectivity index (χ0v) is 13.9. The lowest BCUT2D eigenvalue weighted by Crippen LogP contribution is -2.54. The minimum Gasteiger partial charge on any atom is -0.338 e. The van der Waals surface area contributed by atoms with Crippen molar-refractivity contribution < 1.29 is 23.3 Å². The van der Waals surface area contributed by atoms with Crippen LogP contribution in [0.4, 0.5) is 14.5 Å². The van der Waals surface area contributed by atoms with Crippen LogP contribution < -0.4 is 5.32 Å². The first-order chi connectivity index (χ1) is 12.3. The number of hydrogen-bond acceptors (Lipinski definition) is 5. The summed E-state index contributed by atoms with van der Waals surface area (Å²) in [5.41, 5.74) is 0.227. The molecule has 0 aliphatic carbocycles. The first-order valence-corrected chi connectivity index (χ1v) is 8.20. The summed E-state index contributed by atoms with van der Waals surface area (Å²) in [4.78, 5) is 37.9. The van der Waals surface area contributed by atoms with E-state index < -0.39 is 29.9 Å². The molecule has 2 aliphatic heterocycles. The zero-order chi connectivity index (χ0) is 18.9. The average Bonchev–Trinajstić information content (AvgIpc) is 3.00. The Bertz CT molecular complexity index is 717. The van der Waals surface area contributed by atoms with E-state index >= 15 is 0 Å². The van der Waals surface area contributed by atoms with Crippen molar-refractivity contribution in [2.45, 2.75) is 18.4 Å². The SMILES string of the molecule is O=C(c1ccc([N+](=O)[O-])cc1)N1CCN(C(=O)C2CC(F)(F)CN2)CC1. The van der Waals surface area contributed by atoms with Crippen molar-refractivity contribution >= 4 is 17.5 Å². The minimum atomic E-state index is -2.87. The number of halogens is 2. The third-order valence-corrected chi connectivity index (χ3v) is 4.61. The van der Waals surface area contributed by atoms with Gasteiger partial charge in [-0.05, 0) is 12.1 Å². The smallest absolute Gasteiger partial charge is 0.269 e. The van der Waals surface area contributed by atoms with Crippen LogP contribution in [0.2, 0.25) is 0 Å². The zero-order valence-electron chi connectivity index (χ0n) is 13.9. The van der Waals surface area contributed by atoms with Crippen LogP contribution in [0, 0.1) is 10.1 Å². The van der Waals surface area contributed by atoms with E-state index in [1.165, 1.54) is 29.2 Å². The molecule has 3 rings (SSSR count). The fourth-order valence-electron chi connectivity index (χ4n) is 3.15. The Kier molecular flexibility index (Phi) is 4.86. The van der Waals surface area contributed by atoms with Crippen LogP contribution in [-0.4, -0.2) is 71.2 Å². The van der Waals surface area contributed by atoms with Crippen LogP contribution in [0.3, 0.4) is 0 Å². The number of piperazine rings is 1. The first-order valence-electron chi connectivity index (χ1n) is 8.20. The number of rotatable bonds is 3. The summed E-state index contributed by atoms with van der Waals surface area (Å²) in [6, 6.07) is 4.42. The molecule has 2 fully saturated rings. The van der Waals surface area contributed by atoms with Crippen molar-refractivity contribution in [3.63, 3.8) is 0 Å². The van der Waals surface area contributed by atoms with Gasteiger partial charge >= 0.3 is 0 Å². The van der Waals surface area contributed by atoms with Gasteiger partial charge in [-0.25, -0.2) is 8.78 Å². The molecule has 0 bridgehead atoms. The van der Waals surface area contributed by atoms with Gasteiger partial charge in [0.15, 0.2) is 0 Å². The fourth-order valence-corrected chi connectivity index (χ4v) is 3.15. The van der Waals surface area contributed by atoms with E-state index in [1.54, 1.807) is 4.90 Å². The van der Waals surface area contributed by atoms with Crippen molar-refractivity contribution in [3.8, 4) is 0 Å². The van der Waals surface area contributed by atoms with E-state index in [1.807, 2.05) is 0 Å². The number of carbonyl (C=O) groups excluding carboxylic acids is 2. The lowest BCUT2D eigenvalue weighted by molar-refractivity contribution is -0.384. The summed E-state index contributed by atoms with van der Waals surface area (Å²) in [6.45, 7) is 0.597. The molecule has 1 atom stereocenters. The van der Waals surface area contributed by atoms with Gasteiger partial charge in [0.05, 0.1) is 17.5 Å². The summed E-state index contributed by atoms with van der Waals surface area (Å²) in [7, 11) is 0. The molecule has 0 spiro atoms. The number of non-ortho nitro benzene ring substituents is 1. The molecular formula is C16H18F2N4O4. The molecule has 1 N–H and O–H groups in total. The van der Waals surface area contributed by atoms with E-state index in [4.69, 9.17) is 0 Å². The molecule has 140 valence electrons. The van der Waals surface area contributed by atoms with Crippen molar-refractivity contribution in [3.05, 3.63) is 39.9 Å². The van der Waals surface area contributed by atoms with Crippen LogP contribution in [0.1, 0.15) is 16.8 Å². The Morgan fingerprint density at radius 2 is 1.69 bits per heavy atom. The Hall–Kier alpha value is -2.62. The van der Waals surface area contributed by atoms with Gasteiger partial charge in [0, 0.05) is 50.3 Å². The summed E-state index contributed by atoms with van der Waals surface area (Å²) < 4.78 is 26.5. The monoisotopic (exact) mass is 368 g/mol. The molecule has 1 aromatic carbocycles. The summed E-state index contributed by atoms with van der Waals surface area (Å²) in [5.74, 6) is -3.52. The van der Waals surface area contributed by atoms with Crippen molar-refractivity contribution in [1.29, 1.82) is 0 Å². The fraction of sp³-hybridized carbons (Fsp3) is 0.500. The van der Waals surface area contributed by atoms with Crippen LogP contribution in [0.25, 0.3) is 0 Å². The first kappa shape index (κ1) is 18.2.